The first-order valence-electron chi connectivity index (χ1n) is 6.93. The number of aliphatic hydroxyl groups excluding tert-OH is 1. The molecule has 2 aliphatic rings. The maximum Gasteiger partial charge on any atom is 0.279 e. The van der Waals surface area contributed by atoms with Crippen molar-refractivity contribution in [1.29, 1.82) is 0 Å². The summed E-state index contributed by atoms with van der Waals surface area (Å²) in [5.74, 6) is 0.448. The molecule has 18 heavy (non-hydrogen) atoms. The predicted molar refractivity (Wildman–Crippen MR) is 70.3 cm³/mol. The second-order valence-corrected chi connectivity index (χ2v) is 7.44. The Balaban J connectivity index is 1.90. The first-order valence-corrected chi connectivity index (χ1v) is 8.37. The highest BCUT2D eigenvalue weighted by Gasteiger charge is 2.30. The van der Waals surface area contributed by atoms with Crippen LogP contribution in [0.5, 0.6) is 0 Å². The Kier molecular flexibility index (Phi) is 4.64. The summed E-state index contributed by atoms with van der Waals surface area (Å²) >= 11 is 0. The molecule has 2 rings (SSSR count). The van der Waals surface area contributed by atoms with E-state index >= 15 is 0 Å². The minimum atomic E-state index is -3.33. The van der Waals surface area contributed by atoms with Crippen molar-refractivity contribution in [3.8, 4) is 0 Å². The van der Waals surface area contributed by atoms with Crippen LogP contribution in [0.25, 0.3) is 0 Å². The van der Waals surface area contributed by atoms with Gasteiger partial charge in [-0.1, -0.05) is 6.92 Å². The van der Waals surface area contributed by atoms with Crippen LogP contribution in [0.4, 0.5) is 0 Å². The van der Waals surface area contributed by atoms with E-state index in [-0.39, 0.29) is 12.1 Å². The van der Waals surface area contributed by atoms with Crippen LogP contribution in [0.1, 0.15) is 45.4 Å². The smallest absolute Gasteiger partial charge is 0.279 e. The van der Waals surface area contributed by atoms with Gasteiger partial charge in [0.15, 0.2) is 0 Å². The Morgan fingerprint density at radius 1 is 1.17 bits per heavy atom. The van der Waals surface area contributed by atoms with Crippen molar-refractivity contribution in [3.05, 3.63) is 0 Å². The van der Waals surface area contributed by atoms with Crippen LogP contribution in [-0.2, 0) is 10.2 Å². The van der Waals surface area contributed by atoms with Gasteiger partial charge in [0.25, 0.3) is 10.2 Å². The van der Waals surface area contributed by atoms with Gasteiger partial charge in [-0.2, -0.15) is 17.4 Å². The van der Waals surface area contributed by atoms with Crippen molar-refractivity contribution < 1.29 is 13.5 Å². The van der Waals surface area contributed by atoms with Gasteiger partial charge < -0.3 is 5.11 Å². The normalized spacial score (nSPS) is 35.6. The molecule has 0 spiro atoms. The number of hydrogen-bond donors (Lipinski definition) is 2. The lowest BCUT2D eigenvalue weighted by Gasteiger charge is -2.33. The summed E-state index contributed by atoms with van der Waals surface area (Å²) in [5.41, 5.74) is 0. The summed E-state index contributed by atoms with van der Waals surface area (Å²) in [6.07, 6.45) is 4.69. The molecule has 1 unspecified atom stereocenters. The highest BCUT2D eigenvalue weighted by Crippen LogP contribution is 2.22. The maximum absolute atomic E-state index is 12.2. The van der Waals surface area contributed by atoms with Crippen molar-refractivity contribution in [2.24, 2.45) is 5.92 Å². The van der Waals surface area contributed by atoms with Gasteiger partial charge in [-0.15, -0.1) is 0 Å². The third kappa shape index (κ3) is 3.66. The number of hydrogen-bond acceptors (Lipinski definition) is 3. The van der Waals surface area contributed by atoms with Gasteiger partial charge in [0.1, 0.15) is 0 Å². The molecule has 1 atom stereocenters. The fourth-order valence-corrected chi connectivity index (χ4v) is 4.47. The van der Waals surface area contributed by atoms with E-state index in [0.717, 1.165) is 25.7 Å². The zero-order valence-corrected chi connectivity index (χ0v) is 11.8. The van der Waals surface area contributed by atoms with Gasteiger partial charge in [-0.05, 0) is 44.4 Å². The van der Waals surface area contributed by atoms with Gasteiger partial charge in [-0.3, -0.25) is 0 Å². The minimum absolute atomic E-state index is 0.00404. The third-order valence-electron chi connectivity index (χ3n) is 3.97. The zero-order valence-electron chi connectivity index (χ0n) is 11.0. The number of nitrogens with zero attached hydrogens (tertiary/aromatic N) is 1. The number of aliphatic hydroxyl groups is 1. The van der Waals surface area contributed by atoms with E-state index in [1.165, 1.54) is 0 Å². The van der Waals surface area contributed by atoms with Gasteiger partial charge in [0, 0.05) is 19.1 Å². The molecule has 0 aromatic carbocycles. The lowest BCUT2D eigenvalue weighted by molar-refractivity contribution is 0.120. The summed E-state index contributed by atoms with van der Waals surface area (Å²) < 4.78 is 28.8. The Hall–Kier alpha value is -0.170. The lowest BCUT2D eigenvalue weighted by atomic mass is 9.94. The van der Waals surface area contributed by atoms with E-state index in [1.807, 2.05) is 0 Å². The monoisotopic (exact) mass is 276 g/mol. The van der Waals surface area contributed by atoms with Crippen LogP contribution in [0.2, 0.25) is 0 Å². The summed E-state index contributed by atoms with van der Waals surface area (Å²) in [5, 5.41) is 9.42. The molecule has 1 heterocycles. The summed E-state index contributed by atoms with van der Waals surface area (Å²) in [4.78, 5) is 0. The van der Waals surface area contributed by atoms with Gasteiger partial charge in [-0.25, -0.2) is 0 Å². The molecule has 0 aromatic rings. The second-order valence-electron chi connectivity index (χ2n) is 5.73. The van der Waals surface area contributed by atoms with Crippen LogP contribution in [0.3, 0.4) is 0 Å². The topological polar surface area (TPSA) is 69.6 Å². The highest BCUT2D eigenvalue weighted by atomic mass is 32.2. The molecule has 1 aliphatic carbocycles. The van der Waals surface area contributed by atoms with Crippen LogP contribution in [0.15, 0.2) is 0 Å². The van der Waals surface area contributed by atoms with E-state index < -0.39 is 10.2 Å². The first kappa shape index (κ1) is 14.2. The Morgan fingerprint density at radius 2 is 1.83 bits per heavy atom. The van der Waals surface area contributed by atoms with Crippen molar-refractivity contribution in [3.63, 3.8) is 0 Å². The third-order valence-corrected chi connectivity index (χ3v) is 5.61. The van der Waals surface area contributed by atoms with Gasteiger partial charge in [0.2, 0.25) is 0 Å². The molecule has 2 fully saturated rings. The second kappa shape index (κ2) is 5.86. The zero-order chi connectivity index (χ0) is 13.2. The molecule has 6 heteroatoms. The van der Waals surface area contributed by atoms with Crippen molar-refractivity contribution in [1.82, 2.24) is 9.03 Å². The molecule has 2 N–H and O–H groups in total. The molecule has 0 amide bonds. The first-order chi connectivity index (χ1) is 8.47. The number of rotatable bonds is 3. The Morgan fingerprint density at radius 3 is 2.44 bits per heavy atom. The average molecular weight is 276 g/mol. The largest absolute Gasteiger partial charge is 0.393 e. The summed E-state index contributed by atoms with van der Waals surface area (Å²) in [6, 6.07) is -0.00404. The molecular weight excluding hydrogens is 252 g/mol. The molecular formula is C12H24N2O3S. The molecule has 106 valence electrons. The van der Waals surface area contributed by atoms with Crippen molar-refractivity contribution >= 4 is 10.2 Å². The molecule has 1 saturated heterocycles. The van der Waals surface area contributed by atoms with E-state index in [2.05, 4.69) is 11.6 Å². The Labute approximate surface area is 110 Å². The standard InChI is InChI=1S/C12H24N2O3S/c1-10-3-2-8-14(9-10)18(16,17)13-11-4-6-12(15)7-5-11/h10-13,15H,2-9H2,1H3. The quantitative estimate of drug-likeness (QED) is 0.803. The average Bonchev–Trinajstić information content (AvgIpc) is 2.32. The summed E-state index contributed by atoms with van der Waals surface area (Å²) in [7, 11) is -3.33. The molecule has 5 nitrogen and oxygen atoms in total. The van der Waals surface area contributed by atoms with Crippen LogP contribution in [-0.4, -0.2) is 43.1 Å². The number of nitrogens with one attached hydrogen (secondary N) is 1. The van der Waals surface area contributed by atoms with Crippen molar-refractivity contribution in [2.75, 3.05) is 13.1 Å². The summed E-state index contributed by atoms with van der Waals surface area (Å²) in [6.45, 7) is 3.36. The highest BCUT2D eigenvalue weighted by molar-refractivity contribution is 7.87. The van der Waals surface area contributed by atoms with E-state index in [0.29, 0.717) is 31.8 Å². The molecule has 1 aliphatic heterocycles. The fraction of sp³-hybridized carbons (Fsp3) is 1.00. The van der Waals surface area contributed by atoms with Crippen LogP contribution in [0, 0.1) is 5.92 Å². The van der Waals surface area contributed by atoms with Crippen molar-refractivity contribution in [2.45, 2.75) is 57.6 Å². The molecule has 1 saturated carbocycles. The van der Waals surface area contributed by atoms with E-state index in [4.69, 9.17) is 0 Å². The molecule has 0 bridgehead atoms. The van der Waals surface area contributed by atoms with Crippen LogP contribution < -0.4 is 4.72 Å². The molecule has 0 radical (unpaired) electrons. The van der Waals surface area contributed by atoms with E-state index in [9.17, 15) is 13.5 Å². The predicted octanol–water partition coefficient (Wildman–Crippen LogP) is 0.856. The fourth-order valence-electron chi connectivity index (χ4n) is 2.84. The van der Waals surface area contributed by atoms with E-state index in [1.54, 1.807) is 4.31 Å². The molecule has 0 aromatic heterocycles. The lowest BCUT2D eigenvalue weighted by Crippen LogP contribution is -2.49. The maximum atomic E-state index is 12.2. The van der Waals surface area contributed by atoms with Gasteiger partial charge >= 0.3 is 0 Å². The Bertz CT molecular complexity index is 364. The van der Waals surface area contributed by atoms with Gasteiger partial charge in [0.05, 0.1) is 6.10 Å². The minimum Gasteiger partial charge on any atom is -0.393 e. The van der Waals surface area contributed by atoms with Crippen LogP contribution >= 0.6 is 0 Å². The number of piperidine rings is 1. The SMILES string of the molecule is CC1CCCN(S(=O)(=O)NC2CCC(O)CC2)C1.